The standard InChI is InChI=1S/C19H17ClN4O2S/c1-11-8-17(26-3)13(9-14(11)20)15-10-27-19-22-21-18(24(19)23-15)12-6-4-5-7-16(12)25-2/h4-9H,10H2,1-3H3. The molecule has 0 fully saturated rings. The van der Waals surface area contributed by atoms with Crippen molar-refractivity contribution in [2.75, 3.05) is 20.0 Å². The molecule has 0 N–H and O–H groups in total. The summed E-state index contributed by atoms with van der Waals surface area (Å²) in [5, 5.41) is 14.8. The summed E-state index contributed by atoms with van der Waals surface area (Å²) in [6.07, 6.45) is 0. The first-order valence-electron chi connectivity index (χ1n) is 8.26. The second-order valence-electron chi connectivity index (χ2n) is 5.96. The van der Waals surface area contributed by atoms with Crippen LogP contribution in [0.1, 0.15) is 11.1 Å². The van der Waals surface area contributed by atoms with Crippen LogP contribution in [0.2, 0.25) is 5.02 Å². The molecule has 27 heavy (non-hydrogen) atoms. The average molecular weight is 401 g/mol. The normalized spacial score (nSPS) is 13.1. The van der Waals surface area contributed by atoms with Crippen molar-refractivity contribution in [1.29, 1.82) is 0 Å². The maximum Gasteiger partial charge on any atom is 0.212 e. The van der Waals surface area contributed by atoms with E-state index in [9.17, 15) is 0 Å². The number of methoxy groups -OCH3 is 2. The molecule has 6 nitrogen and oxygen atoms in total. The molecule has 1 aliphatic rings. The summed E-state index contributed by atoms with van der Waals surface area (Å²) >= 11 is 7.91. The van der Waals surface area contributed by atoms with Gasteiger partial charge in [-0.05, 0) is 36.8 Å². The maximum atomic E-state index is 6.34. The molecule has 0 bridgehead atoms. The number of benzene rings is 2. The first-order chi connectivity index (χ1) is 13.1. The molecule has 1 aromatic heterocycles. The molecule has 1 aliphatic heterocycles. The van der Waals surface area contributed by atoms with E-state index in [1.165, 1.54) is 0 Å². The second kappa shape index (κ2) is 7.25. The lowest BCUT2D eigenvalue weighted by molar-refractivity contribution is 0.413. The van der Waals surface area contributed by atoms with Crippen molar-refractivity contribution in [2.24, 2.45) is 5.10 Å². The van der Waals surface area contributed by atoms with Gasteiger partial charge in [-0.25, -0.2) is 0 Å². The average Bonchev–Trinajstić information content (AvgIpc) is 3.12. The number of nitrogens with zero attached hydrogens (tertiary/aromatic N) is 4. The van der Waals surface area contributed by atoms with Crippen LogP contribution in [0, 0.1) is 6.92 Å². The van der Waals surface area contributed by atoms with Crippen molar-refractivity contribution in [3.8, 4) is 22.9 Å². The van der Waals surface area contributed by atoms with E-state index in [2.05, 4.69) is 10.2 Å². The Hall–Kier alpha value is -2.51. The Kier molecular flexibility index (Phi) is 4.80. The summed E-state index contributed by atoms with van der Waals surface area (Å²) < 4.78 is 12.8. The minimum Gasteiger partial charge on any atom is -0.496 e. The second-order valence-corrected chi connectivity index (χ2v) is 7.31. The van der Waals surface area contributed by atoms with E-state index >= 15 is 0 Å². The fraction of sp³-hybridized carbons (Fsp3) is 0.211. The highest BCUT2D eigenvalue weighted by Crippen LogP contribution is 2.35. The lowest BCUT2D eigenvalue weighted by atomic mass is 10.1. The van der Waals surface area contributed by atoms with E-state index in [-0.39, 0.29) is 0 Å². The Morgan fingerprint density at radius 2 is 1.81 bits per heavy atom. The van der Waals surface area contributed by atoms with Gasteiger partial charge in [-0.15, -0.1) is 10.2 Å². The topological polar surface area (TPSA) is 61.5 Å². The van der Waals surface area contributed by atoms with Gasteiger partial charge in [0.05, 0.1) is 25.5 Å². The predicted octanol–water partition coefficient (Wildman–Crippen LogP) is 4.28. The van der Waals surface area contributed by atoms with E-state index in [4.69, 9.17) is 26.2 Å². The zero-order chi connectivity index (χ0) is 19.0. The summed E-state index contributed by atoms with van der Waals surface area (Å²) in [6.45, 7) is 1.95. The van der Waals surface area contributed by atoms with E-state index in [0.717, 1.165) is 39.1 Å². The molecule has 2 aromatic carbocycles. The Morgan fingerprint density at radius 1 is 1.04 bits per heavy atom. The molecule has 0 atom stereocenters. The van der Waals surface area contributed by atoms with Crippen LogP contribution < -0.4 is 9.47 Å². The van der Waals surface area contributed by atoms with Crippen LogP contribution in [0.3, 0.4) is 0 Å². The summed E-state index contributed by atoms with van der Waals surface area (Å²) in [7, 11) is 3.28. The highest BCUT2D eigenvalue weighted by molar-refractivity contribution is 7.99. The number of aromatic nitrogens is 3. The van der Waals surface area contributed by atoms with Gasteiger partial charge in [-0.2, -0.15) is 9.78 Å². The van der Waals surface area contributed by atoms with E-state index < -0.39 is 0 Å². The molecule has 4 rings (SSSR count). The third-order valence-electron chi connectivity index (χ3n) is 4.31. The van der Waals surface area contributed by atoms with E-state index in [0.29, 0.717) is 16.6 Å². The number of hydrogen-bond acceptors (Lipinski definition) is 6. The minimum absolute atomic E-state index is 0.629. The number of thioether (sulfide) groups is 1. The number of aryl methyl sites for hydroxylation is 1. The predicted molar refractivity (Wildman–Crippen MR) is 107 cm³/mol. The van der Waals surface area contributed by atoms with Crippen molar-refractivity contribution >= 4 is 29.1 Å². The van der Waals surface area contributed by atoms with Gasteiger partial charge in [0.15, 0.2) is 5.82 Å². The van der Waals surface area contributed by atoms with Crippen molar-refractivity contribution in [3.63, 3.8) is 0 Å². The zero-order valence-corrected chi connectivity index (χ0v) is 16.6. The highest BCUT2D eigenvalue weighted by Gasteiger charge is 2.24. The van der Waals surface area contributed by atoms with Gasteiger partial charge in [0.1, 0.15) is 11.5 Å². The third-order valence-corrected chi connectivity index (χ3v) is 5.65. The van der Waals surface area contributed by atoms with Crippen molar-refractivity contribution in [1.82, 2.24) is 14.9 Å². The molecule has 2 heterocycles. The first-order valence-corrected chi connectivity index (χ1v) is 9.62. The van der Waals surface area contributed by atoms with Crippen LogP contribution in [0.15, 0.2) is 46.7 Å². The number of halogens is 1. The monoisotopic (exact) mass is 400 g/mol. The van der Waals surface area contributed by atoms with Crippen LogP contribution in [-0.2, 0) is 0 Å². The Bertz CT molecular complexity index is 1050. The molecule has 0 aliphatic carbocycles. The fourth-order valence-corrected chi connectivity index (χ4v) is 3.90. The molecular weight excluding hydrogens is 384 g/mol. The van der Waals surface area contributed by atoms with Crippen molar-refractivity contribution in [2.45, 2.75) is 12.1 Å². The van der Waals surface area contributed by atoms with E-state index in [1.807, 2.05) is 43.3 Å². The number of fused-ring (bicyclic) bond motifs is 1. The largest absolute Gasteiger partial charge is 0.496 e. The van der Waals surface area contributed by atoms with Gasteiger partial charge < -0.3 is 9.47 Å². The maximum absolute atomic E-state index is 6.34. The van der Waals surface area contributed by atoms with Crippen molar-refractivity contribution < 1.29 is 9.47 Å². The lowest BCUT2D eigenvalue weighted by Gasteiger charge is -2.17. The van der Waals surface area contributed by atoms with Gasteiger partial charge in [-0.1, -0.05) is 35.5 Å². The van der Waals surface area contributed by atoms with Gasteiger partial charge in [-0.3, -0.25) is 0 Å². The molecular formula is C19H17ClN4O2S. The molecule has 0 saturated heterocycles. The Balaban J connectivity index is 1.85. The third kappa shape index (κ3) is 3.17. The van der Waals surface area contributed by atoms with Crippen LogP contribution in [-0.4, -0.2) is 40.6 Å². The lowest BCUT2D eigenvalue weighted by Crippen LogP contribution is -2.15. The smallest absolute Gasteiger partial charge is 0.212 e. The van der Waals surface area contributed by atoms with Gasteiger partial charge in [0.25, 0.3) is 0 Å². The molecule has 0 amide bonds. The van der Waals surface area contributed by atoms with Crippen LogP contribution in [0.4, 0.5) is 0 Å². The summed E-state index contributed by atoms with van der Waals surface area (Å²) in [6, 6.07) is 11.5. The molecule has 138 valence electrons. The van der Waals surface area contributed by atoms with Crippen LogP contribution in [0.25, 0.3) is 11.4 Å². The van der Waals surface area contributed by atoms with Gasteiger partial charge in [0, 0.05) is 16.3 Å². The van der Waals surface area contributed by atoms with Crippen molar-refractivity contribution in [3.05, 3.63) is 52.5 Å². The van der Waals surface area contributed by atoms with Gasteiger partial charge in [0.2, 0.25) is 5.16 Å². The van der Waals surface area contributed by atoms with Crippen LogP contribution >= 0.6 is 23.4 Å². The minimum atomic E-state index is 0.629. The zero-order valence-electron chi connectivity index (χ0n) is 15.1. The molecule has 0 unspecified atom stereocenters. The quantitative estimate of drug-likeness (QED) is 0.654. The molecule has 0 saturated carbocycles. The van der Waals surface area contributed by atoms with Crippen LogP contribution in [0.5, 0.6) is 11.5 Å². The molecule has 8 heteroatoms. The number of hydrogen-bond donors (Lipinski definition) is 0. The molecule has 0 radical (unpaired) electrons. The fourth-order valence-electron chi connectivity index (χ4n) is 2.91. The number of ether oxygens (including phenoxy) is 2. The summed E-state index contributed by atoms with van der Waals surface area (Å²) in [4.78, 5) is 0. The molecule has 3 aromatic rings. The summed E-state index contributed by atoms with van der Waals surface area (Å²) in [5.74, 6) is 2.74. The SMILES string of the molecule is COc1cc(C)c(Cl)cc1C1=Nn2c(nnc2-c2ccccc2OC)SC1. The molecule has 0 spiro atoms. The Labute approximate surface area is 166 Å². The summed E-state index contributed by atoms with van der Waals surface area (Å²) in [5.41, 5.74) is 3.51. The first kappa shape index (κ1) is 17.9. The number of para-hydroxylation sites is 1. The highest BCUT2D eigenvalue weighted by atomic mass is 35.5. The van der Waals surface area contributed by atoms with E-state index in [1.54, 1.807) is 30.7 Å². The Morgan fingerprint density at radius 3 is 2.59 bits per heavy atom. The van der Waals surface area contributed by atoms with Gasteiger partial charge >= 0.3 is 0 Å². The number of rotatable bonds is 4.